The number of hydrogen-bond donors (Lipinski definition) is 3. The van der Waals surface area contributed by atoms with Crippen LogP contribution in [0.4, 0.5) is 0 Å². The number of likely N-dealkylation sites (N-methyl/N-ethyl adjacent to an activating group) is 1. The maximum Gasteiger partial charge on any atom is 0.245 e. The second kappa shape index (κ2) is 8.29. The number of nitrogens with one attached hydrogen (secondary N) is 2. The molecule has 1 aromatic carbocycles. The van der Waals surface area contributed by atoms with Crippen molar-refractivity contribution < 1.29 is 14.8 Å². The molecule has 0 aliphatic rings. The zero-order valence-corrected chi connectivity index (χ0v) is 14.8. The number of rotatable bonds is 6. The average Bonchev–Trinajstić information content (AvgIpc) is 3.22. The molecule has 0 fully saturated rings. The van der Waals surface area contributed by atoms with Gasteiger partial charge in [-0.1, -0.05) is 24.3 Å². The Morgan fingerprint density at radius 3 is 2.19 bits per heavy atom. The van der Waals surface area contributed by atoms with E-state index in [0.717, 1.165) is 22.3 Å². The van der Waals surface area contributed by atoms with Gasteiger partial charge in [0, 0.05) is 31.8 Å². The molecule has 3 N–H and O–H groups in total. The number of carbonyl (C=O) groups is 2. The smallest absolute Gasteiger partial charge is 0.245 e. The second-order valence-electron chi connectivity index (χ2n) is 6.03. The van der Waals surface area contributed by atoms with Crippen molar-refractivity contribution in [1.29, 1.82) is 0 Å². The van der Waals surface area contributed by atoms with Crippen LogP contribution in [0.1, 0.15) is 12.5 Å². The molecule has 3 aromatic rings. The van der Waals surface area contributed by atoms with Gasteiger partial charge < -0.3 is 9.88 Å². The number of carbonyl (C=O) groups excluding carboxylic acids is 2. The van der Waals surface area contributed by atoms with Gasteiger partial charge in [-0.25, -0.2) is 5.48 Å². The van der Waals surface area contributed by atoms with Crippen LogP contribution in [0, 0.1) is 0 Å². The van der Waals surface area contributed by atoms with Gasteiger partial charge in [0.2, 0.25) is 11.8 Å². The summed E-state index contributed by atoms with van der Waals surface area (Å²) in [5.41, 5.74) is 5.66. The quantitative estimate of drug-likeness (QED) is 0.462. The monoisotopic (exact) mass is 364 g/mol. The van der Waals surface area contributed by atoms with E-state index in [2.05, 4.69) is 10.3 Å². The zero-order valence-electron chi connectivity index (χ0n) is 14.8. The second-order valence-corrected chi connectivity index (χ2v) is 6.03. The number of amides is 2. The summed E-state index contributed by atoms with van der Waals surface area (Å²) in [4.78, 5) is 27.6. The molecular formula is C20H20N4O3. The maximum atomic E-state index is 12.1. The molecule has 0 saturated heterocycles. The molecule has 3 rings (SSSR count). The molecule has 2 amide bonds. The van der Waals surface area contributed by atoms with E-state index in [1.165, 1.54) is 7.05 Å². The van der Waals surface area contributed by atoms with Crippen LogP contribution in [0.15, 0.2) is 67.3 Å². The third kappa shape index (κ3) is 4.21. The van der Waals surface area contributed by atoms with E-state index in [-0.39, 0.29) is 12.3 Å². The van der Waals surface area contributed by atoms with Crippen LogP contribution >= 0.6 is 0 Å². The largest absolute Gasteiger partial charge is 0.357 e. The standard InChI is InChI=1S/C20H20N4O3/c1-21-20(26)18(12-19(25)23-27)24-11-8-17(13-24)15-4-2-14(3-5-15)16-6-9-22-10-7-16/h2-11,13,18,27H,12H2,1H3,(H,21,26)(H,23,25)/t18-/m1/s1. The van der Waals surface area contributed by atoms with Crippen LogP contribution in [0.25, 0.3) is 22.3 Å². The highest BCUT2D eigenvalue weighted by Gasteiger charge is 2.22. The summed E-state index contributed by atoms with van der Waals surface area (Å²) in [6.07, 6.45) is 6.91. The van der Waals surface area contributed by atoms with Gasteiger partial charge in [-0.05, 0) is 40.5 Å². The summed E-state index contributed by atoms with van der Waals surface area (Å²) in [5.74, 6) is -0.936. The average molecular weight is 364 g/mol. The Bertz CT molecular complexity index is 920. The van der Waals surface area contributed by atoms with Crippen LogP contribution < -0.4 is 10.8 Å². The van der Waals surface area contributed by atoms with Gasteiger partial charge in [0.15, 0.2) is 0 Å². The normalized spacial score (nSPS) is 11.6. The lowest BCUT2D eigenvalue weighted by atomic mass is 10.0. The first kappa shape index (κ1) is 18.3. The summed E-state index contributed by atoms with van der Waals surface area (Å²) in [7, 11) is 1.51. The number of benzene rings is 1. The van der Waals surface area contributed by atoms with Crippen molar-refractivity contribution in [2.24, 2.45) is 0 Å². The fourth-order valence-electron chi connectivity index (χ4n) is 2.90. The van der Waals surface area contributed by atoms with Crippen LogP contribution in [0.2, 0.25) is 0 Å². The maximum absolute atomic E-state index is 12.1. The fourth-order valence-corrected chi connectivity index (χ4v) is 2.90. The third-order valence-corrected chi connectivity index (χ3v) is 4.36. The van der Waals surface area contributed by atoms with Gasteiger partial charge in [-0.3, -0.25) is 19.8 Å². The molecule has 0 aliphatic carbocycles. The van der Waals surface area contributed by atoms with Crippen molar-refractivity contribution in [2.45, 2.75) is 12.5 Å². The number of hydrogen-bond acceptors (Lipinski definition) is 4. The molecule has 7 nitrogen and oxygen atoms in total. The Morgan fingerprint density at radius 2 is 1.59 bits per heavy atom. The minimum absolute atomic E-state index is 0.161. The molecule has 0 spiro atoms. The van der Waals surface area contributed by atoms with E-state index in [9.17, 15) is 9.59 Å². The first-order valence-corrected chi connectivity index (χ1v) is 8.45. The lowest BCUT2D eigenvalue weighted by Crippen LogP contribution is -2.33. The van der Waals surface area contributed by atoms with Crippen LogP contribution in [0.5, 0.6) is 0 Å². The minimum Gasteiger partial charge on any atom is -0.357 e. The summed E-state index contributed by atoms with van der Waals surface area (Å²) in [6.45, 7) is 0. The van der Waals surface area contributed by atoms with Crippen molar-refractivity contribution >= 4 is 11.8 Å². The molecule has 138 valence electrons. The molecule has 7 heteroatoms. The highest BCUT2D eigenvalue weighted by molar-refractivity contribution is 5.86. The Morgan fingerprint density at radius 1 is 1.00 bits per heavy atom. The molecule has 27 heavy (non-hydrogen) atoms. The van der Waals surface area contributed by atoms with E-state index in [1.54, 1.807) is 28.6 Å². The molecule has 1 atom stereocenters. The Balaban J connectivity index is 1.83. The van der Waals surface area contributed by atoms with Gasteiger partial charge in [0.1, 0.15) is 6.04 Å². The van der Waals surface area contributed by atoms with Gasteiger partial charge in [-0.2, -0.15) is 0 Å². The molecule has 0 bridgehead atoms. The van der Waals surface area contributed by atoms with Crippen molar-refractivity contribution in [3.05, 3.63) is 67.3 Å². The van der Waals surface area contributed by atoms with Crippen molar-refractivity contribution in [3.63, 3.8) is 0 Å². The summed E-state index contributed by atoms with van der Waals surface area (Å²) in [6, 6.07) is 13.1. The summed E-state index contributed by atoms with van der Waals surface area (Å²) >= 11 is 0. The highest BCUT2D eigenvalue weighted by atomic mass is 16.5. The van der Waals surface area contributed by atoms with Gasteiger partial charge >= 0.3 is 0 Å². The SMILES string of the molecule is CNC(=O)[C@@H](CC(=O)NO)n1ccc(-c2ccc(-c3ccncc3)cc2)c1. The third-order valence-electron chi connectivity index (χ3n) is 4.36. The lowest BCUT2D eigenvalue weighted by molar-refractivity contribution is -0.134. The molecule has 2 heterocycles. The van der Waals surface area contributed by atoms with Gasteiger partial charge in [-0.15, -0.1) is 0 Å². The van der Waals surface area contributed by atoms with Gasteiger partial charge in [0.25, 0.3) is 0 Å². The van der Waals surface area contributed by atoms with Crippen molar-refractivity contribution in [1.82, 2.24) is 20.3 Å². The van der Waals surface area contributed by atoms with E-state index in [4.69, 9.17) is 5.21 Å². The Kier molecular flexibility index (Phi) is 5.63. The molecule has 0 saturated carbocycles. The van der Waals surface area contributed by atoms with E-state index >= 15 is 0 Å². The molecule has 0 unspecified atom stereocenters. The highest BCUT2D eigenvalue weighted by Crippen LogP contribution is 2.26. The predicted molar refractivity (Wildman–Crippen MR) is 101 cm³/mol. The Labute approximate surface area is 156 Å². The lowest BCUT2D eigenvalue weighted by Gasteiger charge is -2.16. The number of nitrogens with zero attached hydrogens (tertiary/aromatic N) is 2. The van der Waals surface area contributed by atoms with E-state index in [0.29, 0.717) is 0 Å². The Hall–Kier alpha value is -3.45. The summed E-state index contributed by atoms with van der Waals surface area (Å²) in [5, 5.41) is 11.3. The first-order valence-electron chi connectivity index (χ1n) is 8.45. The first-order chi connectivity index (χ1) is 13.1. The molecule has 0 radical (unpaired) electrons. The zero-order chi connectivity index (χ0) is 19.2. The van der Waals surface area contributed by atoms with Gasteiger partial charge in [0.05, 0.1) is 6.42 Å². The van der Waals surface area contributed by atoms with Crippen LogP contribution in [0.3, 0.4) is 0 Å². The summed E-state index contributed by atoms with van der Waals surface area (Å²) < 4.78 is 1.67. The predicted octanol–water partition coefficient (Wildman–Crippen LogP) is 2.40. The van der Waals surface area contributed by atoms with Crippen LogP contribution in [-0.2, 0) is 9.59 Å². The molecule has 2 aromatic heterocycles. The topological polar surface area (TPSA) is 96.3 Å². The number of aromatic nitrogens is 2. The van der Waals surface area contributed by atoms with Crippen molar-refractivity contribution in [2.75, 3.05) is 7.05 Å². The fraction of sp³-hybridized carbons (Fsp3) is 0.150. The van der Waals surface area contributed by atoms with Crippen molar-refractivity contribution in [3.8, 4) is 22.3 Å². The molecule has 0 aliphatic heterocycles. The minimum atomic E-state index is -0.744. The number of hydroxylamine groups is 1. The molecular weight excluding hydrogens is 344 g/mol. The number of pyridine rings is 1. The van der Waals surface area contributed by atoms with Crippen LogP contribution in [-0.4, -0.2) is 33.6 Å². The van der Waals surface area contributed by atoms with E-state index in [1.807, 2.05) is 48.7 Å². The van der Waals surface area contributed by atoms with E-state index < -0.39 is 11.9 Å².